The van der Waals surface area contributed by atoms with E-state index in [4.69, 9.17) is 21.3 Å². The molecule has 316 valence electrons. The molecule has 4 aromatic rings. The molecule has 5 aliphatic rings. The first kappa shape index (κ1) is 39.8. The Morgan fingerprint density at radius 2 is 1.57 bits per heavy atom. The summed E-state index contributed by atoms with van der Waals surface area (Å²) in [6.07, 6.45) is 1.79. The van der Waals surface area contributed by atoms with Crippen molar-refractivity contribution in [3.05, 3.63) is 94.3 Å². The number of anilines is 2. The molecule has 0 radical (unpaired) electrons. The molecule has 5 aliphatic heterocycles. The zero-order valence-corrected chi connectivity index (χ0v) is 33.4. The van der Waals surface area contributed by atoms with E-state index in [-0.39, 0.29) is 59.2 Å². The number of aromatic nitrogens is 2. The molecule has 1 unspecified atom stereocenters. The third-order valence-electron chi connectivity index (χ3n) is 12.7. The Labute approximate surface area is 349 Å². The summed E-state index contributed by atoms with van der Waals surface area (Å²) in [5.41, 5.74) is 15.9. The third kappa shape index (κ3) is 7.24. The van der Waals surface area contributed by atoms with Crippen LogP contribution in [0.5, 0.6) is 5.75 Å². The minimum absolute atomic E-state index is 0.0145. The van der Waals surface area contributed by atoms with Crippen LogP contribution >= 0.6 is 0 Å². The summed E-state index contributed by atoms with van der Waals surface area (Å²) in [6.45, 7) is 5.34. The van der Waals surface area contributed by atoms with Crippen LogP contribution in [-0.4, -0.2) is 124 Å². The van der Waals surface area contributed by atoms with Crippen LogP contribution in [0.1, 0.15) is 78.7 Å². The van der Waals surface area contributed by atoms with Crippen molar-refractivity contribution in [2.45, 2.75) is 56.4 Å². The van der Waals surface area contributed by atoms with E-state index in [9.17, 15) is 33.2 Å². The molecule has 0 bridgehead atoms. The van der Waals surface area contributed by atoms with Crippen molar-refractivity contribution < 1.29 is 37.9 Å². The number of nitrogens with two attached hydrogens (primary N) is 2. The highest BCUT2D eigenvalue weighted by atomic mass is 19.1. The number of fused-ring (bicyclic) bond motifs is 1. The van der Waals surface area contributed by atoms with Gasteiger partial charge < -0.3 is 26.4 Å². The number of imide groups is 2. The minimum atomic E-state index is -0.994. The number of likely N-dealkylation sites (tertiary alicyclic amines) is 2. The fourth-order valence-electron chi connectivity index (χ4n) is 9.15. The lowest BCUT2D eigenvalue weighted by molar-refractivity contribution is -0.136. The van der Waals surface area contributed by atoms with Crippen molar-refractivity contribution in [3.63, 3.8) is 0 Å². The highest BCUT2D eigenvalue weighted by molar-refractivity contribution is 6.23. The number of nitrogens with one attached hydrogen (secondary N) is 2. The van der Waals surface area contributed by atoms with E-state index >= 15 is 0 Å². The van der Waals surface area contributed by atoms with Crippen LogP contribution in [-0.2, 0) is 16.1 Å². The Bertz CT molecular complexity index is 2470. The van der Waals surface area contributed by atoms with Crippen LogP contribution in [0, 0.1) is 5.82 Å². The number of methoxy groups -OCH3 is 1. The molecule has 0 saturated carbocycles. The molecule has 1 aromatic heterocycles. The predicted molar refractivity (Wildman–Crippen MR) is 219 cm³/mol. The molecule has 9 rings (SSSR count). The van der Waals surface area contributed by atoms with E-state index in [1.54, 1.807) is 41.1 Å². The van der Waals surface area contributed by atoms with Gasteiger partial charge in [-0.15, -0.1) is 0 Å². The maximum atomic E-state index is 13.8. The number of benzene rings is 3. The van der Waals surface area contributed by atoms with Gasteiger partial charge in [-0.25, -0.2) is 9.07 Å². The van der Waals surface area contributed by atoms with Crippen molar-refractivity contribution in [1.29, 1.82) is 0 Å². The van der Waals surface area contributed by atoms with Crippen LogP contribution in [0.4, 0.5) is 15.9 Å². The second kappa shape index (κ2) is 15.7. The van der Waals surface area contributed by atoms with Gasteiger partial charge in [0.05, 0.1) is 29.8 Å². The van der Waals surface area contributed by atoms with Gasteiger partial charge in [-0.1, -0.05) is 24.3 Å². The SMILES string of the molecule is COc1ccc(F)cc1C(=O)NCc1ccc(-c2nn(C3CCN(C4CN(C5CN(c6ccc7c(c6)C(=O)N(C6CCC(=O)NC6=O)C7=O)C5)C4)CC3)c(N)c2C(N)=O)cc1. The van der Waals surface area contributed by atoms with Crippen molar-refractivity contribution >= 4 is 46.9 Å². The van der Waals surface area contributed by atoms with Gasteiger partial charge in [0.25, 0.3) is 23.6 Å². The predicted octanol–water partition coefficient (Wildman–Crippen LogP) is 1.92. The molecule has 6 amide bonds. The zero-order valence-electron chi connectivity index (χ0n) is 33.4. The normalized spacial score (nSPS) is 20.3. The minimum Gasteiger partial charge on any atom is -0.496 e. The van der Waals surface area contributed by atoms with Crippen molar-refractivity contribution in [2.75, 3.05) is 57.0 Å². The largest absolute Gasteiger partial charge is 0.496 e. The first-order valence-corrected chi connectivity index (χ1v) is 20.4. The summed E-state index contributed by atoms with van der Waals surface area (Å²) in [4.78, 5) is 84.0. The average Bonchev–Trinajstić information content (AvgIpc) is 3.69. The molecule has 0 aliphatic carbocycles. The van der Waals surface area contributed by atoms with Crippen LogP contribution in [0.15, 0.2) is 60.7 Å². The second-order valence-corrected chi connectivity index (χ2v) is 16.3. The molecule has 1 atom stereocenters. The van der Waals surface area contributed by atoms with Gasteiger partial charge in [-0.3, -0.25) is 48.8 Å². The van der Waals surface area contributed by atoms with Crippen LogP contribution in [0.3, 0.4) is 0 Å². The van der Waals surface area contributed by atoms with Crippen LogP contribution in [0.2, 0.25) is 0 Å². The van der Waals surface area contributed by atoms with Crippen molar-refractivity contribution in [2.24, 2.45) is 5.73 Å². The summed E-state index contributed by atoms with van der Waals surface area (Å²) in [5.74, 6) is -3.25. The maximum Gasteiger partial charge on any atom is 0.262 e. The summed E-state index contributed by atoms with van der Waals surface area (Å²) in [6, 6.07) is 15.9. The fourth-order valence-corrected chi connectivity index (χ4v) is 9.15. The molecule has 4 saturated heterocycles. The lowest BCUT2D eigenvalue weighted by Crippen LogP contribution is -2.70. The molecule has 6 N–H and O–H groups in total. The van der Waals surface area contributed by atoms with E-state index in [1.165, 1.54) is 19.2 Å². The standard InChI is InChI=1S/C43H45FN10O7/c1-61-34-10-6-25(44)16-32(34)40(57)47-18-23-2-4-24(5-3-23)37-36(39(46)56)38(45)54(49-37)26-12-14-50(15-13-26)28-19-52(20-28)29-21-51(22-29)27-7-8-30-31(17-27)43(60)53(42(30)59)33-9-11-35(55)48-41(33)58/h2-8,10,16-17,26,28-29,33H,9,11-15,18-22,45H2,1H3,(H2,46,56)(H,47,57)(H,48,55,58). The summed E-state index contributed by atoms with van der Waals surface area (Å²) >= 11 is 0. The number of hydrogen-bond acceptors (Lipinski definition) is 12. The topological polar surface area (TPSA) is 219 Å². The highest BCUT2D eigenvalue weighted by Crippen LogP contribution is 2.36. The lowest BCUT2D eigenvalue weighted by Gasteiger charge is -2.55. The number of ether oxygens (including phenoxy) is 1. The number of carbonyl (C=O) groups excluding carboxylic acids is 6. The Kier molecular flexibility index (Phi) is 10.3. The first-order chi connectivity index (χ1) is 29.4. The zero-order chi connectivity index (χ0) is 42.7. The lowest BCUT2D eigenvalue weighted by atomic mass is 9.95. The van der Waals surface area contributed by atoms with E-state index in [1.807, 2.05) is 6.07 Å². The highest BCUT2D eigenvalue weighted by Gasteiger charge is 2.46. The van der Waals surface area contributed by atoms with Crippen molar-refractivity contribution in [3.8, 4) is 17.0 Å². The average molecular weight is 833 g/mol. The summed E-state index contributed by atoms with van der Waals surface area (Å²) < 4.78 is 20.7. The second-order valence-electron chi connectivity index (χ2n) is 16.3. The quantitative estimate of drug-likeness (QED) is 0.160. The Morgan fingerprint density at radius 1 is 0.869 bits per heavy atom. The van der Waals surface area contributed by atoms with Gasteiger partial charge in [-0.05, 0) is 61.2 Å². The van der Waals surface area contributed by atoms with Gasteiger partial charge in [-0.2, -0.15) is 5.10 Å². The van der Waals surface area contributed by atoms with Gasteiger partial charge in [0, 0.05) is 75.6 Å². The van der Waals surface area contributed by atoms with Gasteiger partial charge in [0.15, 0.2) is 0 Å². The number of rotatable bonds is 11. The molecule has 6 heterocycles. The molecule has 17 nitrogen and oxygen atoms in total. The number of piperidine rings is 2. The van der Waals surface area contributed by atoms with E-state index in [0.29, 0.717) is 23.3 Å². The monoisotopic (exact) mass is 832 g/mol. The Balaban J connectivity index is 0.762. The molecule has 4 fully saturated rings. The van der Waals surface area contributed by atoms with E-state index in [2.05, 4.69) is 25.3 Å². The number of nitrogens with zero attached hydrogens (tertiary/aromatic N) is 6. The Hall–Kier alpha value is -6.66. The summed E-state index contributed by atoms with van der Waals surface area (Å²) in [5, 5.41) is 9.83. The molecular weight excluding hydrogens is 788 g/mol. The molecule has 61 heavy (non-hydrogen) atoms. The number of amides is 6. The number of nitrogen functional groups attached to an aromatic ring is 1. The first-order valence-electron chi connectivity index (χ1n) is 20.4. The van der Waals surface area contributed by atoms with E-state index in [0.717, 1.165) is 74.3 Å². The van der Waals surface area contributed by atoms with Crippen LogP contribution in [0.25, 0.3) is 11.3 Å². The number of halogens is 1. The molecule has 3 aromatic carbocycles. The molecule has 18 heteroatoms. The fraction of sp³-hybridized carbons (Fsp3) is 0.372. The summed E-state index contributed by atoms with van der Waals surface area (Å²) in [7, 11) is 1.41. The van der Waals surface area contributed by atoms with E-state index < -0.39 is 47.3 Å². The number of hydrogen-bond donors (Lipinski definition) is 4. The van der Waals surface area contributed by atoms with Gasteiger partial charge in [0.1, 0.15) is 34.7 Å². The third-order valence-corrected chi connectivity index (χ3v) is 12.7. The molecular formula is C43H45FN10O7. The van der Waals surface area contributed by atoms with Crippen LogP contribution < -0.4 is 31.7 Å². The molecule has 0 spiro atoms. The van der Waals surface area contributed by atoms with Gasteiger partial charge in [0.2, 0.25) is 11.8 Å². The smallest absolute Gasteiger partial charge is 0.262 e. The number of primary amides is 1. The Morgan fingerprint density at radius 3 is 2.26 bits per heavy atom. The van der Waals surface area contributed by atoms with Gasteiger partial charge >= 0.3 is 0 Å². The maximum absolute atomic E-state index is 13.8. The van der Waals surface area contributed by atoms with Crippen molar-refractivity contribution in [1.82, 2.24) is 35.1 Å². The number of carbonyl (C=O) groups is 6.